The number of carbonyl (C=O) groups is 1. The van der Waals surface area contributed by atoms with Crippen LogP contribution in [0.2, 0.25) is 0 Å². The summed E-state index contributed by atoms with van der Waals surface area (Å²) in [6.07, 6.45) is 5.76. The van der Waals surface area contributed by atoms with E-state index in [-0.39, 0.29) is 0 Å². The molecule has 0 amide bonds. The fraction of sp³-hybridized carbons (Fsp3) is 0.571. The SMILES string of the molecule is C/C=C/OCCCC=O. The second kappa shape index (κ2) is 7.21. The van der Waals surface area contributed by atoms with E-state index in [0.29, 0.717) is 13.0 Å². The Bertz CT molecular complexity index is 86.9. The molecule has 0 heterocycles. The molecule has 0 aromatic rings. The first kappa shape index (κ1) is 8.21. The second-order valence-electron chi connectivity index (χ2n) is 1.65. The molecular formula is C7H12O2. The highest BCUT2D eigenvalue weighted by Gasteiger charge is 1.81. The third kappa shape index (κ3) is 7.21. The minimum absolute atomic E-state index is 0.595. The molecule has 0 aliphatic carbocycles. The van der Waals surface area contributed by atoms with Crippen molar-refractivity contribution in [3.8, 4) is 0 Å². The van der Waals surface area contributed by atoms with Gasteiger partial charge in [0.15, 0.2) is 0 Å². The molecule has 0 aromatic heterocycles. The Labute approximate surface area is 55.5 Å². The van der Waals surface area contributed by atoms with E-state index in [1.807, 2.05) is 13.0 Å². The molecule has 0 saturated heterocycles. The van der Waals surface area contributed by atoms with Crippen molar-refractivity contribution < 1.29 is 9.53 Å². The third-order valence-electron chi connectivity index (χ3n) is 0.816. The van der Waals surface area contributed by atoms with Gasteiger partial charge in [-0.15, -0.1) is 0 Å². The molecule has 2 nitrogen and oxygen atoms in total. The molecule has 0 N–H and O–H groups in total. The van der Waals surface area contributed by atoms with Crippen molar-refractivity contribution >= 4 is 6.29 Å². The van der Waals surface area contributed by atoms with Gasteiger partial charge in [-0.3, -0.25) is 0 Å². The molecule has 9 heavy (non-hydrogen) atoms. The predicted molar refractivity (Wildman–Crippen MR) is 36.1 cm³/mol. The normalized spacial score (nSPS) is 9.89. The number of rotatable bonds is 5. The van der Waals surface area contributed by atoms with E-state index in [4.69, 9.17) is 4.74 Å². The van der Waals surface area contributed by atoms with Crippen LogP contribution in [0.3, 0.4) is 0 Å². The Morgan fingerprint density at radius 3 is 2.89 bits per heavy atom. The van der Waals surface area contributed by atoms with Crippen LogP contribution in [0.5, 0.6) is 0 Å². The molecule has 0 aliphatic heterocycles. The van der Waals surface area contributed by atoms with Crippen LogP contribution in [0.25, 0.3) is 0 Å². The Balaban J connectivity index is 2.82. The molecule has 0 unspecified atom stereocenters. The zero-order valence-electron chi connectivity index (χ0n) is 5.67. The largest absolute Gasteiger partial charge is 0.502 e. The smallest absolute Gasteiger partial charge is 0.120 e. The summed E-state index contributed by atoms with van der Waals surface area (Å²) in [5.41, 5.74) is 0. The van der Waals surface area contributed by atoms with Crippen molar-refractivity contribution in [2.24, 2.45) is 0 Å². The van der Waals surface area contributed by atoms with Gasteiger partial charge in [0.25, 0.3) is 0 Å². The predicted octanol–water partition coefficient (Wildman–Crippen LogP) is 1.52. The van der Waals surface area contributed by atoms with Crippen molar-refractivity contribution in [1.82, 2.24) is 0 Å². The van der Waals surface area contributed by atoms with Crippen LogP contribution in [0.1, 0.15) is 19.8 Å². The highest BCUT2D eigenvalue weighted by Crippen LogP contribution is 1.86. The van der Waals surface area contributed by atoms with Crippen molar-refractivity contribution in [3.05, 3.63) is 12.3 Å². The van der Waals surface area contributed by atoms with E-state index in [1.165, 1.54) is 0 Å². The van der Waals surface area contributed by atoms with Gasteiger partial charge >= 0.3 is 0 Å². The fourth-order valence-electron chi connectivity index (χ4n) is 0.414. The van der Waals surface area contributed by atoms with Crippen LogP contribution >= 0.6 is 0 Å². The number of carbonyl (C=O) groups excluding carboxylic acids is 1. The number of hydrogen-bond acceptors (Lipinski definition) is 2. The van der Waals surface area contributed by atoms with Crippen LogP contribution < -0.4 is 0 Å². The molecule has 0 rings (SSSR count). The van der Waals surface area contributed by atoms with Crippen LogP contribution in [0.15, 0.2) is 12.3 Å². The molecule has 0 aliphatic rings. The standard InChI is InChI=1S/C7H12O2/c1-2-6-9-7-4-3-5-8/h2,5-6H,3-4,7H2,1H3/b6-2+. The van der Waals surface area contributed by atoms with Crippen molar-refractivity contribution in [2.45, 2.75) is 19.8 Å². The van der Waals surface area contributed by atoms with Gasteiger partial charge < -0.3 is 9.53 Å². The lowest BCUT2D eigenvalue weighted by molar-refractivity contribution is -0.108. The molecule has 0 atom stereocenters. The lowest BCUT2D eigenvalue weighted by atomic mass is 10.3. The molecule has 2 heteroatoms. The summed E-state index contributed by atoms with van der Waals surface area (Å²) in [6.45, 7) is 2.53. The number of ether oxygens (including phenoxy) is 1. The maximum absolute atomic E-state index is 9.76. The first-order chi connectivity index (χ1) is 4.41. The fourth-order valence-corrected chi connectivity index (χ4v) is 0.414. The zero-order chi connectivity index (χ0) is 6.95. The molecule has 0 radical (unpaired) electrons. The van der Waals surface area contributed by atoms with E-state index >= 15 is 0 Å². The molecule has 52 valence electrons. The molecular weight excluding hydrogens is 116 g/mol. The van der Waals surface area contributed by atoms with Crippen molar-refractivity contribution in [1.29, 1.82) is 0 Å². The van der Waals surface area contributed by atoms with E-state index in [1.54, 1.807) is 6.26 Å². The number of unbranched alkanes of at least 4 members (excludes halogenated alkanes) is 1. The highest BCUT2D eigenvalue weighted by molar-refractivity contribution is 5.48. The van der Waals surface area contributed by atoms with Crippen LogP contribution in [-0.2, 0) is 9.53 Å². The van der Waals surface area contributed by atoms with Crippen molar-refractivity contribution in [3.63, 3.8) is 0 Å². The number of aldehydes is 1. The average Bonchev–Trinajstić information content (AvgIpc) is 1.89. The Hall–Kier alpha value is -0.790. The van der Waals surface area contributed by atoms with Gasteiger partial charge in [-0.1, -0.05) is 6.08 Å². The molecule has 0 bridgehead atoms. The van der Waals surface area contributed by atoms with Gasteiger partial charge in [-0.2, -0.15) is 0 Å². The Morgan fingerprint density at radius 2 is 2.33 bits per heavy atom. The van der Waals surface area contributed by atoms with Crippen molar-refractivity contribution in [2.75, 3.05) is 6.61 Å². The summed E-state index contributed by atoms with van der Waals surface area (Å²) in [7, 11) is 0. The maximum Gasteiger partial charge on any atom is 0.120 e. The van der Waals surface area contributed by atoms with E-state index in [2.05, 4.69) is 0 Å². The third-order valence-corrected chi connectivity index (χ3v) is 0.816. The Morgan fingerprint density at radius 1 is 1.56 bits per heavy atom. The van der Waals surface area contributed by atoms with E-state index in [0.717, 1.165) is 12.7 Å². The number of allylic oxidation sites excluding steroid dienone is 1. The van der Waals surface area contributed by atoms with Gasteiger partial charge in [0.2, 0.25) is 0 Å². The van der Waals surface area contributed by atoms with Gasteiger partial charge in [0.1, 0.15) is 6.29 Å². The van der Waals surface area contributed by atoms with Gasteiger partial charge in [0.05, 0.1) is 12.9 Å². The summed E-state index contributed by atoms with van der Waals surface area (Å²) >= 11 is 0. The second-order valence-corrected chi connectivity index (χ2v) is 1.65. The summed E-state index contributed by atoms with van der Waals surface area (Å²) in [4.78, 5) is 9.76. The highest BCUT2D eigenvalue weighted by atomic mass is 16.5. The maximum atomic E-state index is 9.76. The first-order valence-corrected chi connectivity index (χ1v) is 3.08. The first-order valence-electron chi connectivity index (χ1n) is 3.08. The van der Waals surface area contributed by atoms with Gasteiger partial charge in [-0.25, -0.2) is 0 Å². The quantitative estimate of drug-likeness (QED) is 0.319. The summed E-state index contributed by atoms with van der Waals surface area (Å²) in [5.74, 6) is 0. The lowest BCUT2D eigenvalue weighted by Gasteiger charge is -1.94. The molecule has 0 fully saturated rings. The van der Waals surface area contributed by atoms with E-state index in [9.17, 15) is 4.79 Å². The topological polar surface area (TPSA) is 26.3 Å². The van der Waals surface area contributed by atoms with E-state index < -0.39 is 0 Å². The molecule has 0 spiro atoms. The van der Waals surface area contributed by atoms with Crippen LogP contribution in [-0.4, -0.2) is 12.9 Å². The molecule has 0 saturated carbocycles. The number of hydrogen-bond donors (Lipinski definition) is 0. The summed E-state index contributed by atoms with van der Waals surface area (Å²) < 4.78 is 4.95. The van der Waals surface area contributed by atoms with Gasteiger partial charge in [0, 0.05) is 6.42 Å². The minimum atomic E-state index is 0.595. The van der Waals surface area contributed by atoms with Crippen LogP contribution in [0, 0.1) is 0 Å². The summed E-state index contributed by atoms with van der Waals surface area (Å²) in [5, 5.41) is 0. The minimum Gasteiger partial charge on any atom is -0.502 e. The molecule has 0 aromatic carbocycles. The van der Waals surface area contributed by atoms with Gasteiger partial charge in [-0.05, 0) is 13.3 Å². The Kier molecular flexibility index (Phi) is 6.58. The lowest BCUT2D eigenvalue weighted by Crippen LogP contribution is -1.86. The van der Waals surface area contributed by atoms with Crippen LogP contribution in [0.4, 0.5) is 0 Å². The average molecular weight is 128 g/mol. The zero-order valence-corrected chi connectivity index (χ0v) is 5.67. The summed E-state index contributed by atoms with van der Waals surface area (Å²) in [6, 6.07) is 0. The monoisotopic (exact) mass is 128 g/mol.